The highest BCUT2D eigenvalue weighted by atomic mass is 16.5. The molecule has 1 rings (SSSR count). The molecule has 1 aromatic carbocycles. The van der Waals surface area contributed by atoms with Crippen LogP contribution >= 0.6 is 0 Å². The smallest absolute Gasteiger partial charge is 0.305 e. The summed E-state index contributed by atoms with van der Waals surface area (Å²) < 4.78 is 15.9. The van der Waals surface area contributed by atoms with Crippen molar-refractivity contribution in [3.8, 4) is 11.5 Å². The molecular formula is C16H25NO4. The molecule has 0 saturated carbocycles. The number of carbonyl (C=O) groups excluding carboxylic acids is 1. The number of hydrogen-bond acceptors (Lipinski definition) is 5. The normalized spacial score (nSPS) is 10.2. The summed E-state index contributed by atoms with van der Waals surface area (Å²) in [5, 5.41) is 0. The second-order valence-corrected chi connectivity index (χ2v) is 4.62. The van der Waals surface area contributed by atoms with Gasteiger partial charge in [0.25, 0.3) is 0 Å². The summed E-state index contributed by atoms with van der Waals surface area (Å²) in [6, 6.07) is 5.68. The summed E-state index contributed by atoms with van der Waals surface area (Å²) in [6.07, 6.45) is 3.09. The number of hydrogen-bond donors (Lipinski definition) is 1. The number of unbranched alkanes of at least 4 members (excludes halogenated alkanes) is 2. The molecule has 0 saturated heterocycles. The number of carbonyl (C=O) groups is 1. The average molecular weight is 295 g/mol. The molecule has 5 heteroatoms. The number of benzene rings is 1. The van der Waals surface area contributed by atoms with Gasteiger partial charge in [-0.1, -0.05) is 12.1 Å². The van der Waals surface area contributed by atoms with Crippen molar-refractivity contribution in [2.75, 3.05) is 20.3 Å². The Labute approximate surface area is 126 Å². The molecule has 0 fully saturated rings. The summed E-state index contributed by atoms with van der Waals surface area (Å²) in [4.78, 5) is 11.2. The van der Waals surface area contributed by atoms with Crippen molar-refractivity contribution < 1.29 is 19.0 Å². The summed E-state index contributed by atoms with van der Waals surface area (Å²) in [5.41, 5.74) is 6.63. The lowest BCUT2D eigenvalue weighted by atomic mass is 10.2. The number of methoxy groups -OCH3 is 1. The molecule has 0 aliphatic carbocycles. The third-order valence-electron chi connectivity index (χ3n) is 3.08. The Morgan fingerprint density at radius 3 is 2.71 bits per heavy atom. The molecule has 0 unspecified atom stereocenters. The predicted molar refractivity (Wildman–Crippen MR) is 81.5 cm³/mol. The Morgan fingerprint density at radius 1 is 1.24 bits per heavy atom. The predicted octanol–water partition coefficient (Wildman–Crippen LogP) is 2.66. The maximum Gasteiger partial charge on any atom is 0.305 e. The van der Waals surface area contributed by atoms with E-state index in [0.717, 1.165) is 24.8 Å². The van der Waals surface area contributed by atoms with Crippen LogP contribution in [0.4, 0.5) is 0 Å². The molecule has 0 aliphatic rings. The van der Waals surface area contributed by atoms with E-state index < -0.39 is 0 Å². The molecule has 5 nitrogen and oxygen atoms in total. The van der Waals surface area contributed by atoms with E-state index in [4.69, 9.17) is 19.9 Å². The minimum atomic E-state index is -0.131. The Balaban J connectivity index is 2.31. The monoisotopic (exact) mass is 295 g/mol. The second kappa shape index (κ2) is 10.0. The van der Waals surface area contributed by atoms with Gasteiger partial charge in [0.15, 0.2) is 11.5 Å². The van der Waals surface area contributed by atoms with Crippen LogP contribution in [0.15, 0.2) is 18.2 Å². The van der Waals surface area contributed by atoms with Gasteiger partial charge in [-0.25, -0.2) is 0 Å². The first kappa shape index (κ1) is 17.3. The maximum absolute atomic E-state index is 11.2. The fraction of sp³-hybridized carbons (Fsp3) is 0.562. The molecule has 0 radical (unpaired) electrons. The van der Waals surface area contributed by atoms with E-state index in [1.54, 1.807) is 7.11 Å². The first-order chi connectivity index (χ1) is 10.2. The van der Waals surface area contributed by atoms with Crippen LogP contribution in [0.1, 0.15) is 38.2 Å². The van der Waals surface area contributed by atoms with Gasteiger partial charge in [0.05, 0.1) is 20.3 Å². The van der Waals surface area contributed by atoms with Crippen LogP contribution in [0.2, 0.25) is 0 Å². The highest BCUT2D eigenvalue weighted by Gasteiger charge is 2.09. The zero-order valence-electron chi connectivity index (χ0n) is 12.9. The highest BCUT2D eigenvalue weighted by molar-refractivity contribution is 5.69. The second-order valence-electron chi connectivity index (χ2n) is 4.62. The van der Waals surface area contributed by atoms with Gasteiger partial charge in [-0.3, -0.25) is 4.79 Å². The van der Waals surface area contributed by atoms with Crippen molar-refractivity contribution in [1.82, 2.24) is 0 Å². The average Bonchev–Trinajstić information content (AvgIpc) is 2.50. The third-order valence-corrected chi connectivity index (χ3v) is 3.08. The molecule has 0 amide bonds. The van der Waals surface area contributed by atoms with Crippen LogP contribution in [-0.4, -0.2) is 26.3 Å². The molecule has 2 N–H and O–H groups in total. The van der Waals surface area contributed by atoms with Crippen LogP contribution in [-0.2, 0) is 16.1 Å². The molecular weight excluding hydrogens is 270 g/mol. The molecule has 0 spiro atoms. The molecule has 0 atom stereocenters. The van der Waals surface area contributed by atoms with Gasteiger partial charge in [-0.15, -0.1) is 0 Å². The number of esters is 1. The summed E-state index contributed by atoms with van der Waals surface area (Å²) >= 11 is 0. The van der Waals surface area contributed by atoms with E-state index in [2.05, 4.69) is 0 Å². The Bertz CT molecular complexity index is 412. The van der Waals surface area contributed by atoms with Gasteiger partial charge >= 0.3 is 5.97 Å². The largest absolute Gasteiger partial charge is 0.493 e. The van der Waals surface area contributed by atoms with Crippen LogP contribution in [0, 0.1) is 0 Å². The number of para-hydroxylation sites is 1. The molecule has 21 heavy (non-hydrogen) atoms. The van der Waals surface area contributed by atoms with Gasteiger partial charge in [0.2, 0.25) is 0 Å². The zero-order valence-corrected chi connectivity index (χ0v) is 12.9. The van der Waals surface area contributed by atoms with Crippen molar-refractivity contribution >= 4 is 5.97 Å². The summed E-state index contributed by atoms with van der Waals surface area (Å²) in [7, 11) is 1.61. The van der Waals surface area contributed by atoms with Crippen molar-refractivity contribution in [2.24, 2.45) is 5.73 Å². The van der Waals surface area contributed by atoms with Crippen LogP contribution < -0.4 is 15.2 Å². The number of ether oxygens (including phenoxy) is 3. The lowest BCUT2D eigenvalue weighted by molar-refractivity contribution is -0.143. The lowest BCUT2D eigenvalue weighted by Gasteiger charge is -2.14. The minimum absolute atomic E-state index is 0.131. The van der Waals surface area contributed by atoms with E-state index in [1.165, 1.54) is 0 Å². The van der Waals surface area contributed by atoms with E-state index in [1.807, 2.05) is 25.1 Å². The van der Waals surface area contributed by atoms with Crippen molar-refractivity contribution in [3.05, 3.63) is 23.8 Å². The quantitative estimate of drug-likeness (QED) is 0.531. The molecule has 1 aromatic rings. The van der Waals surface area contributed by atoms with E-state index in [9.17, 15) is 4.79 Å². The van der Waals surface area contributed by atoms with Crippen LogP contribution in [0.25, 0.3) is 0 Å². The fourth-order valence-corrected chi connectivity index (χ4v) is 2.00. The first-order valence-corrected chi connectivity index (χ1v) is 7.37. The van der Waals surface area contributed by atoms with Gasteiger partial charge in [0, 0.05) is 18.5 Å². The number of rotatable bonds is 10. The summed E-state index contributed by atoms with van der Waals surface area (Å²) in [6.45, 7) is 3.25. The standard InChI is InChI=1S/C16H25NO4/c1-3-20-15(18)10-5-4-6-11-21-16-13(12-17)8-7-9-14(16)19-2/h7-9H,3-6,10-12,17H2,1-2H3. The third kappa shape index (κ3) is 6.04. The van der Waals surface area contributed by atoms with Crippen LogP contribution in [0.5, 0.6) is 11.5 Å². The van der Waals surface area contributed by atoms with Crippen molar-refractivity contribution in [3.63, 3.8) is 0 Å². The van der Waals surface area contributed by atoms with Gasteiger partial charge in [-0.05, 0) is 32.3 Å². The van der Waals surface area contributed by atoms with Gasteiger partial charge in [-0.2, -0.15) is 0 Å². The maximum atomic E-state index is 11.2. The SMILES string of the molecule is CCOC(=O)CCCCCOc1c(CN)cccc1OC. The van der Waals surface area contributed by atoms with Crippen molar-refractivity contribution in [2.45, 2.75) is 39.2 Å². The van der Waals surface area contributed by atoms with Gasteiger partial charge in [0.1, 0.15) is 0 Å². The van der Waals surface area contributed by atoms with Gasteiger partial charge < -0.3 is 19.9 Å². The summed E-state index contributed by atoms with van der Waals surface area (Å²) in [5.74, 6) is 1.28. The van der Waals surface area contributed by atoms with Crippen molar-refractivity contribution in [1.29, 1.82) is 0 Å². The molecule has 118 valence electrons. The van der Waals surface area contributed by atoms with Crippen LogP contribution in [0.3, 0.4) is 0 Å². The minimum Gasteiger partial charge on any atom is -0.493 e. The molecule has 0 aromatic heterocycles. The van der Waals surface area contributed by atoms with E-state index in [0.29, 0.717) is 37.7 Å². The first-order valence-electron chi connectivity index (χ1n) is 7.37. The number of nitrogens with two attached hydrogens (primary N) is 1. The lowest BCUT2D eigenvalue weighted by Crippen LogP contribution is -2.06. The molecule has 0 heterocycles. The highest BCUT2D eigenvalue weighted by Crippen LogP contribution is 2.30. The Hall–Kier alpha value is -1.75. The van der Waals surface area contributed by atoms with E-state index >= 15 is 0 Å². The molecule has 0 bridgehead atoms. The fourth-order valence-electron chi connectivity index (χ4n) is 2.00. The van der Waals surface area contributed by atoms with E-state index in [-0.39, 0.29) is 5.97 Å². The zero-order chi connectivity index (χ0) is 15.5. The molecule has 0 aliphatic heterocycles. The topological polar surface area (TPSA) is 70.8 Å². The Morgan fingerprint density at radius 2 is 2.05 bits per heavy atom. The Kier molecular flexibility index (Phi) is 8.28.